The molecule has 0 radical (unpaired) electrons. The lowest BCUT2D eigenvalue weighted by molar-refractivity contribution is -0.116. The van der Waals surface area contributed by atoms with E-state index in [2.05, 4.69) is 10.1 Å². The quantitative estimate of drug-likeness (QED) is 0.749. The normalized spacial score (nSPS) is 11.4. The third-order valence-corrected chi connectivity index (χ3v) is 6.55. The van der Waals surface area contributed by atoms with Crippen molar-refractivity contribution in [2.75, 3.05) is 26.0 Å². The highest BCUT2D eigenvalue weighted by atomic mass is 35.5. The van der Waals surface area contributed by atoms with E-state index < -0.39 is 28.4 Å². The standard InChI is InChI=1S/C15H15ClN2O5S2/c1-18(8-12(19)17-10-6-4-3-5-7-10)25(21,22)13-11(15(20)23-2)9-24-14(13)16/h3-7,9H,8H2,1-2H3,(H,17,19). The summed E-state index contributed by atoms with van der Waals surface area (Å²) in [7, 11) is -1.78. The Morgan fingerprint density at radius 3 is 2.52 bits per heavy atom. The molecular weight excluding hydrogens is 388 g/mol. The molecular formula is C15H15ClN2O5S2. The molecule has 2 aromatic rings. The smallest absolute Gasteiger partial charge is 0.340 e. The van der Waals surface area contributed by atoms with E-state index in [-0.39, 0.29) is 14.8 Å². The van der Waals surface area contributed by atoms with Crippen molar-refractivity contribution < 1.29 is 22.7 Å². The van der Waals surface area contributed by atoms with E-state index in [1.807, 2.05) is 0 Å². The molecule has 1 aromatic heterocycles. The molecule has 2 rings (SSSR count). The van der Waals surface area contributed by atoms with Gasteiger partial charge in [-0.25, -0.2) is 13.2 Å². The van der Waals surface area contributed by atoms with Gasteiger partial charge in [0.2, 0.25) is 15.9 Å². The van der Waals surface area contributed by atoms with Crippen molar-refractivity contribution in [2.45, 2.75) is 4.90 Å². The molecule has 1 heterocycles. The third kappa shape index (κ3) is 4.37. The first-order chi connectivity index (χ1) is 11.8. The number of ether oxygens (including phenoxy) is 1. The van der Waals surface area contributed by atoms with Crippen LogP contribution < -0.4 is 5.32 Å². The van der Waals surface area contributed by atoms with Crippen LogP contribution in [-0.4, -0.2) is 45.3 Å². The third-order valence-electron chi connectivity index (χ3n) is 3.20. The summed E-state index contributed by atoms with van der Waals surface area (Å²) in [6.07, 6.45) is 0. The van der Waals surface area contributed by atoms with Crippen LogP contribution in [0.1, 0.15) is 10.4 Å². The number of esters is 1. The minimum Gasteiger partial charge on any atom is -0.465 e. The van der Waals surface area contributed by atoms with Crippen LogP contribution in [0, 0.1) is 0 Å². The molecule has 0 fully saturated rings. The molecule has 0 aliphatic carbocycles. The fraction of sp³-hybridized carbons (Fsp3) is 0.200. The molecule has 0 unspecified atom stereocenters. The van der Waals surface area contributed by atoms with Gasteiger partial charge in [0, 0.05) is 18.1 Å². The summed E-state index contributed by atoms with van der Waals surface area (Å²) in [5.74, 6) is -1.34. The predicted octanol–water partition coefficient (Wildman–Crippen LogP) is 2.45. The summed E-state index contributed by atoms with van der Waals surface area (Å²) < 4.78 is 30.7. The van der Waals surface area contributed by atoms with Gasteiger partial charge in [-0.2, -0.15) is 4.31 Å². The highest BCUT2D eigenvalue weighted by Gasteiger charge is 2.32. The van der Waals surface area contributed by atoms with Crippen molar-refractivity contribution in [1.82, 2.24) is 4.31 Å². The molecule has 7 nitrogen and oxygen atoms in total. The Morgan fingerprint density at radius 1 is 1.28 bits per heavy atom. The molecule has 0 saturated carbocycles. The van der Waals surface area contributed by atoms with E-state index in [1.165, 1.54) is 12.4 Å². The van der Waals surface area contributed by atoms with E-state index in [4.69, 9.17) is 11.6 Å². The lowest BCUT2D eigenvalue weighted by atomic mass is 10.3. The van der Waals surface area contributed by atoms with E-state index in [9.17, 15) is 18.0 Å². The number of sulfonamides is 1. The fourth-order valence-electron chi connectivity index (χ4n) is 1.98. The number of carbonyl (C=O) groups is 2. The number of thiophene rings is 1. The Hall–Kier alpha value is -1.94. The van der Waals surface area contributed by atoms with E-state index in [0.29, 0.717) is 5.69 Å². The number of likely N-dealkylation sites (N-methyl/N-ethyl adjacent to an activating group) is 1. The highest BCUT2D eigenvalue weighted by molar-refractivity contribution is 7.89. The number of rotatable bonds is 6. The number of anilines is 1. The molecule has 1 N–H and O–H groups in total. The van der Waals surface area contributed by atoms with Gasteiger partial charge < -0.3 is 10.1 Å². The van der Waals surface area contributed by atoms with Crippen molar-refractivity contribution in [3.05, 3.63) is 45.6 Å². The molecule has 0 atom stereocenters. The van der Waals surface area contributed by atoms with Crippen molar-refractivity contribution >= 4 is 50.5 Å². The highest BCUT2D eigenvalue weighted by Crippen LogP contribution is 2.34. The van der Waals surface area contributed by atoms with Gasteiger partial charge in [-0.15, -0.1) is 11.3 Å². The van der Waals surface area contributed by atoms with Crippen LogP contribution in [0.4, 0.5) is 5.69 Å². The zero-order chi connectivity index (χ0) is 18.6. The van der Waals surface area contributed by atoms with Crippen LogP contribution in [0.5, 0.6) is 0 Å². The van der Waals surface area contributed by atoms with Gasteiger partial charge in [0.15, 0.2) is 0 Å². The van der Waals surface area contributed by atoms with Crippen molar-refractivity contribution in [2.24, 2.45) is 0 Å². The maximum atomic E-state index is 12.7. The predicted molar refractivity (Wildman–Crippen MR) is 95.6 cm³/mol. The molecule has 1 amide bonds. The molecule has 0 aliphatic heterocycles. The zero-order valence-corrected chi connectivity index (χ0v) is 15.7. The van der Waals surface area contributed by atoms with Crippen LogP contribution in [-0.2, 0) is 19.6 Å². The fourth-order valence-corrected chi connectivity index (χ4v) is 4.92. The largest absolute Gasteiger partial charge is 0.465 e. The Labute approximate surface area is 154 Å². The van der Waals surface area contributed by atoms with Crippen molar-refractivity contribution in [1.29, 1.82) is 0 Å². The average molecular weight is 403 g/mol. The number of hydrogen-bond acceptors (Lipinski definition) is 6. The minimum atomic E-state index is -4.15. The number of nitrogens with one attached hydrogen (secondary N) is 1. The molecule has 134 valence electrons. The van der Waals surface area contributed by atoms with Crippen molar-refractivity contribution in [3.8, 4) is 0 Å². The first-order valence-electron chi connectivity index (χ1n) is 6.94. The maximum Gasteiger partial charge on any atom is 0.340 e. The first-order valence-corrected chi connectivity index (χ1v) is 9.63. The van der Waals surface area contributed by atoms with Crippen LogP contribution in [0.15, 0.2) is 40.6 Å². The lowest BCUT2D eigenvalue weighted by Crippen LogP contribution is -2.35. The van der Waals surface area contributed by atoms with Gasteiger partial charge in [0.05, 0.1) is 19.2 Å². The van der Waals surface area contributed by atoms with Gasteiger partial charge >= 0.3 is 5.97 Å². The van der Waals surface area contributed by atoms with Gasteiger partial charge in [-0.3, -0.25) is 4.79 Å². The number of amides is 1. The number of methoxy groups -OCH3 is 1. The summed E-state index contributed by atoms with van der Waals surface area (Å²) in [4.78, 5) is 23.4. The zero-order valence-electron chi connectivity index (χ0n) is 13.4. The maximum absolute atomic E-state index is 12.7. The van der Waals surface area contributed by atoms with Crippen LogP contribution in [0.2, 0.25) is 4.34 Å². The number of para-hydroxylation sites is 1. The van der Waals surface area contributed by atoms with Gasteiger partial charge in [0.25, 0.3) is 0 Å². The Bertz CT molecular complexity index is 881. The SMILES string of the molecule is COC(=O)c1csc(Cl)c1S(=O)(=O)N(C)CC(=O)Nc1ccccc1. The number of carbonyl (C=O) groups excluding carboxylic acids is 2. The molecule has 10 heteroatoms. The van der Waals surface area contributed by atoms with Gasteiger partial charge in [0.1, 0.15) is 9.23 Å². The lowest BCUT2D eigenvalue weighted by Gasteiger charge is -2.17. The van der Waals surface area contributed by atoms with E-state index in [0.717, 1.165) is 22.8 Å². The average Bonchev–Trinajstić information content (AvgIpc) is 2.97. The number of benzene rings is 1. The van der Waals surface area contributed by atoms with Crippen LogP contribution in [0.3, 0.4) is 0 Å². The Kier molecular flexibility index (Phi) is 6.17. The Balaban J connectivity index is 2.21. The molecule has 25 heavy (non-hydrogen) atoms. The van der Waals surface area contributed by atoms with Crippen LogP contribution >= 0.6 is 22.9 Å². The topological polar surface area (TPSA) is 92.8 Å². The minimum absolute atomic E-state index is 0.0734. The molecule has 0 saturated heterocycles. The summed E-state index contributed by atoms with van der Waals surface area (Å²) in [5.41, 5.74) is 0.384. The number of halogens is 1. The van der Waals surface area contributed by atoms with Crippen molar-refractivity contribution in [3.63, 3.8) is 0 Å². The van der Waals surface area contributed by atoms with Gasteiger partial charge in [-0.1, -0.05) is 29.8 Å². The monoisotopic (exact) mass is 402 g/mol. The first kappa shape index (κ1) is 19.4. The summed E-state index contributed by atoms with van der Waals surface area (Å²) in [5, 5.41) is 3.89. The van der Waals surface area contributed by atoms with Gasteiger partial charge in [-0.05, 0) is 12.1 Å². The molecule has 0 spiro atoms. The second-order valence-electron chi connectivity index (χ2n) is 4.92. The number of hydrogen-bond donors (Lipinski definition) is 1. The van der Waals surface area contributed by atoms with E-state index in [1.54, 1.807) is 30.3 Å². The molecule has 0 bridgehead atoms. The van der Waals surface area contributed by atoms with E-state index >= 15 is 0 Å². The summed E-state index contributed by atoms with van der Waals surface area (Å²) in [6, 6.07) is 8.63. The second kappa shape index (κ2) is 7.96. The summed E-state index contributed by atoms with van der Waals surface area (Å²) >= 11 is 6.84. The number of nitrogens with zero attached hydrogens (tertiary/aromatic N) is 1. The molecule has 1 aromatic carbocycles. The van der Waals surface area contributed by atoms with Crippen LogP contribution in [0.25, 0.3) is 0 Å². The Morgan fingerprint density at radius 2 is 1.92 bits per heavy atom. The second-order valence-corrected chi connectivity index (χ2v) is 8.38. The summed E-state index contributed by atoms with van der Waals surface area (Å²) in [6.45, 7) is -0.440. The molecule has 0 aliphatic rings.